The van der Waals surface area contributed by atoms with Crippen LogP contribution in [0.15, 0.2) is 29.6 Å². The van der Waals surface area contributed by atoms with Gasteiger partial charge < -0.3 is 19.7 Å². The van der Waals surface area contributed by atoms with Gasteiger partial charge in [-0.2, -0.15) is 0 Å². The molecular weight excluding hydrogens is 402 g/mol. The number of rotatable bonds is 6. The summed E-state index contributed by atoms with van der Waals surface area (Å²) in [7, 11) is 1.62. The first kappa shape index (κ1) is 21.7. The van der Waals surface area contributed by atoms with E-state index < -0.39 is 0 Å². The van der Waals surface area contributed by atoms with Crippen LogP contribution < -0.4 is 10.1 Å². The van der Waals surface area contributed by atoms with Crippen LogP contribution in [0.25, 0.3) is 0 Å². The number of ether oxygens (including phenoxy) is 2. The molecule has 1 N–H and O–H groups in total. The van der Waals surface area contributed by atoms with E-state index in [1.807, 2.05) is 31.2 Å². The predicted molar refractivity (Wildman–Crippen MR) is 115 cm³/mol. The molecule has 3 rings (SSSR count). The summed E-state index contributed by atoms with van der Waals surface area (Å²) in [5.41, 5.74) is 1.38. The first-order chi connectivity index (χ1) is 14.5. The molecular formula is C22H25N3O4S. The number of nitrogens with zero attached hydrogens (tertiary/aromatic N) is 2. The van der Waals surface area contributed by atoms with Gasteiger partial charge in [0.15, 0.2) is 6.61 Å². The third-order valence-corrected chi connectivity index (χ3v) is 6.08. The smallest absolute Gasteiger partial charge is 0.410 e. The lowest BCUT2D eigenvalue weighted by Gasteiger charge is -2.30. The van der Waals surface area contributed by atoms with Crippen LogP contribution in [0.1, 0.15) is 52.8 Å². The Bertz CT molecular complexity index is 928. The Hall–Kier alpha value is -3.05. The number of thiazole rings is 1. The highest BCUT2D eigenvalue weighted by Gasteiger charge is 2.27. The molecule has 1 saturated heterocycles. The van der Waals surface area contributed by atoms with Gasteiger partial charge in [-0.1, -0.05) is 18.1 Å². The monoisotopic (exact) mass is 427 g/mol. The summed E-state index contributed by atoms with van der Waals surface area (Å²) in [6.07, 6.45) is 6.29. The number of carbonyl (C=O) groups excluding carboxylic acids is 2. The van der Waals surface area contributed by atoms with Crippen LogP contribution in [-0.4, -0.2) is 48.7 Å². The highest BCUT2D eigenvalue weighted by molar-refractivity contribution is 7.09. The Balaban J connectivity index is 1.55. The summed E-state index contributed by atoms with van der Waals surface area (Å²) < 4.78 is 10.2. The number of likely N-dealkylation sites (tertiary alicyclic amines) is 1. The molecule has 0 aliphatic carbocycles. The van der Waals surface area contributed by atoms with Gasteiger partial charge >= 0.3 is 6.09 Å². The number of hydrogen-bond acceptors (Lipinski definition) is 6. The summed E-state index contributed by atoms with van der Waals surface area (Å²) >= 11 is 1.48. The lowest BCUT2D eigenvalue weighted by atomic mass is 9.98. The lowest BCUT2D eigenvalue weighted by molar-refractivity contribution is 0.0935. The van der Waals surface area contributed by atoms with Crippen molar-refractivity contribution in [3.63, 3.8) is 0 Å². The second-order valence-electron chi connectivity index (χ2n) is 7.06. The average Bonchev–Trinajstić information content (AvgIpc) is 3.28. The van der Waals surface area contributed by atoms with E-state index in [4.69, 9.17) is 15.9 Å². The largest absolute Gasteiger partial charge is 0.497 e. The van der Waals surface area contributed by atoms with Crippen molar-refractivity contribution in [1.29, 1.82) is 0 Å². The van der Waals surface area contributed by atoms with Gasteiger partial charge in [-0.25, -0.2) is 9.78 Å². The van der Waals surface area contributed by atoms with Crippen LogP contribution >= 0.6 is 11.3 Å². The van der Waals surface area contributed by atoms with Crippen LogP contribution in [0, 0.1) is 12.3 Å². The van der Waals surface area contributed by atoms with E-state index >= 15 is 0 Å². The van der Waals surface area contributed by atoms with Gasteiger partial charge in [-0.3, -0.25) is 4.79 Å². The molecule has 0 saturated carbocycles. The van der Waals surface area contributed by atoms with Crippen molar-refractivity contribution in [1.82, 2.24) is 15.2 Å². The molecule has 0 bridgehead atoms. The van der Waals surface area contributed by atoms with Crippen molar-refractivity contribution < 1.29 is 19.1 Å². The van der Waals surface area contributed by atoms with Crippen LogP contribution in [0.4, 0.5) is 4.79 Å². The van der Waals surface area contributed by atoms with Crippen molar-refractivity contribution in [2.75, 3.05) is 26.8 Å². The average molecular weight is 428 g/mol. The third-order valence-electron chi connectivity index (χ3n) is 5.08. The fourth-order valence-electron chi connectivity index (χ4n) is 3.35. The van der Waals surface area contributed by atoms with E-state index in [1.165, 1.54) is 11.3 Å². The van der Waals surface area contributed by atoms with Crippen molar-refractivity contribution in [3.8, 4) is 18.1 Å². The molecule has 0 radical (unpaired) electrons. The van der Waals surface area contributed by atoms with E-state index in [2.05, 4.69) is 16.2 Å². The standard InChI is InChI=1S/C22H25N3O4S/c1-4-12-29-22(27)25-10-8-16(9-11-25)21-24-19(14-30-21)20(26)23-15(2)17-6-5-7-18(13-17)28-3/h1,5-7,13-16H,8-12H2,2-3H3,(H,23,26). The van der Waals surface area contributed by atoms with Gasteiger partial charge in [0, 0.05) is 24.4 Å². The van der Waals surface area contributed by atoms with Gasteiger partial charge in [-0.05, 0) is 37.5 Å². The Morgan fingerprint density at radius 2 is 2.17 bits per heavy atom. The highest BCUT2D eigenvalue weighted by Crippen LogP contribution is 2.30. The number of hydrogen-bond donors (Lipinski definition) is 1. The predicted octanol–water partition coefficient (Wildman–Crippen LogP) is 3.59. The molecule has 2 amide bonds. The molecule has 2 aromatic rings. The maximum Gasteiger partial charge on any atom is 0.410 e. The number of methoxy groups -OCH3 is 1. The molecule has 2 heterocycles. The van der Waals surface area contributed by atoms with E-state index in [-0.39, 0.29) is 30.6 Å². The normalized spacial score (nSPS) is 15.2. The zero-order valence-corrected chi connectivity index (χ0v) is 17.9. The SMILES string of the molecule is C#CCOC(=O)N1CCC(c2nc(C(=O)NC(C)c3cccc(OC)c3)cs2)CC1. The molecule has 30 heavy (non-hydrogen) atoms. The minimum atomic E-state index is -0.378. The summed E-state index contributed by atoms with van der Waals surface area (Å²) in [5, 5.41) is 5.70. The quantitative estimate of drug-likeness (QED) is 0.713. The first-order valence-electron chi connectivity index (χ1n) is 9.77. The number of piperidine rings is 1. The fourth-order valence-corrected chi connectivity index (χ4v) is 4.32. The molecule has 1 aliphatic rings. The molecule has 7 nitrogen and oxygen atoms in total. The molecule has 158 valence electrons. The zero-order chi connectivity index (χ0) is 21.5. The van der Waals surface area contributed by atoms with E-state index in [0.717, 1.165) is 29.2 Å². The van der Waals surface area contributed by atoms with E-state index in [1.54, 1.807) is 17.4 Å². The fraction of sp³-hybridized carbons (Fsp3) is 0.409. The Morgan fingerprint density at radius 3 is 2.87 bits per heavy atom. The van der Waals surface area contributed by atoms with Gasteiger partial charge in [0.1, 0.15) is 11.4 Å². The zero-order valence-electron chi connectivity index (χ0n) is 17.1. The van der Waals surface area contributed by atoms with Crippen LogP contribution in [0.3, 0.4) is 0 Å². The molecule has 1 aromatic heterocycles. The van der Waals surface area contributed by atoms with Crippen LogP contribution in [0.5, 0.6) is 5.75 Å². The Morgan fingerprint density at radius 1 is 1.40 bits per heavy atom. The molecule has 1 aromatic carbocycles. The highest BCUT2D eigenvalue weighted by atomic mass is 32.1. The van der Waals surface area contributed by atoms with Crippen LogP contribution in [-0.2, 0) is 4.74 Å². The maximum atomic E-state index is 12.6. The van der Waals surface area contributed by atoms with Crippen molar-refractivity contribution in [2.24, 2.45) is 0 Å². The molecule has 8 heteroatoms. The van der Waals surface area contributed by atoms with Crippen molar-refractivity contribution >= 4 is 23.3 Å². The summed E-state index contributed by atoms with van der Waals surface area (Å²) in [4.78, 5) is 30.7. The van der Waals surface area contributed by atoms with Crippen molar-refractivity contribution in [3.05, 3.63) is 45.9 Å². The van der Waals surface area contributed by atoms with Crippen molar-refractivity contribution in [2.45, 2.75) is 31.7 Å². The maximum absolute atomic E-state index is 12.6. The number of carbonyl (C=O) groups is 2. The summed E-state index contributed by atoms with van der Waals surface area (Å²) in [6, 6.07) is 7.44. The molecule has 1 atom stereocenters. The molecule has 1 unspecified atom stereocenters. The topological polar surface area (TPSA) is 80.8 Å². The number of terminal acetylenes is 1. The number of amides is 2. The number of nitrogens with one attached hydrogen (secondary N) is 1. The number of aromatic nitrogens is 1. The second-order valence-corrected chi connectivity index (χ2v) is 7.95. The molecule has 0 spiro atoms. The van der Waals surface area contributed by atoms with E-state index in [0.29, 0.717) is 18.8 Å². The Labute approximate surface area is 180 Å². The van der Waals surface area contributed by atoms with Gasteiger partial charge in [0.25, 0.3) is 5.91 Å². The summed E-state index contributed by atoms with van der Waals surface area (Å²) in [6.45, 7) is 3.08. The third kappa shape index (κ3) is 5.30. The van der Waals surface area contributed by atoms with E-state index in [9.17, 15) is 9.59 Å². The van der Waals surface area contributed by atoms with Gasteiger partial charge in [0.2, 0.25) is 0 Å². The molecule has 1 aliphatic heterocycles. The van der Waals surface area contributed by atoms with Gasteiger partial charge in [-0.15, -0.1) is 17.8 Å². The minimum absolute atomic E-state index is 0.0160. The number of benzene rings is 1. The molecule has 1 fully saturated rings. The second kappa shape index (κ2) is 10.1. The Kier molecular flexibility index (Phi) is 7.31. The summed E-state index contributed by atoms with van der Waals surface area (Å²) in [5.74, 6) is 3.06. The van der Waals surface area contributed by atoms with Crippen LogP contribution in [0.2, 0.25) is 0 Å². The lowest BCUT2D eigenvalue weighted by Crippen LogP contribution is -2.38. The van der Waals surface area contributed by atoms with Gasteiger partial charge in [0.05, 0.1) is 18.2 Å². The minimum Gasteiger partial charge on any atom is -0.497 e. The first-order valence-corrected chi connectivity index (χ1v) is 10.6.